The predicted octanol–water partition coefficient (Wildman–Crippen LogP) is 2.16. The first kappa shape index (κ1) is 20.0. The SMILES string of the molecule is COC(=O)c1sccc1S(=O)(=O)N1CCC[C@H]1CS(=O)(=O)c1ccccc1. The van der Waals surface area contributed by atoms with Crippen LogP contribution in [-0.4, -0.2) is 52.6 Å². The monoisotopic (exact) mass is 429 g/mol. The Balaban J connectivity index is 1.90. The zero-order valence-corrected chi connectivity index (χ0v) is 17.0. The number of carbonyl (C=O) groups is 1. The van der Waals surface area contributed by atoms with Gasteiger partial charge in [-0.1, -0.05) is 18.2 Å². The number of sulfonamides is 1. The fourth-order valence-corrected chi connectivity index (χ4v) is 7.85. The molecule has 0 amide bonds. The van der Waals surface area contributed by atoms with Crippen LogP contribution >= 0.6 is 11.3 Å². The molecule has 1 aliphatic rings. The van der Waals surface area contributed by atoms with Gasteiger partial charge < -0.3 is 4.74 Å². The van der Waals surface area contributed by atoms with Crippen molar-refractivity contribution >= 4 is 37.2 Å². The Kier molecular flexibility index (Phi) is 5.71. The largest absolute Gasteiger partial charge is 0.465 e. The molecule has 0 bridgehead atoms. The number of ether oxygens (including phenoxy) is 1. The van der Waals surface area contributed by atoms with Crippen LogP contribution in [0.2, 0.25) is 0 Å². The summed E-state index contributed by atoms with van der Waals surface area (Å²) in [4.78, 5) is 11.9. The van der Waals surface area contributed by atoms with Crippen molar-refractivity contribution in [3.8, 4) is 0 Å². The zero-order chi connectivity index (χ0) is 19.7. The van der Waals surface area contributed by atoms with Crippen LogP contribution in [0, 0.1) is 0 Å². The Bertz CT molecular complexity index is 1030. The number of rotatable bonds is 6. The van der Waals surface area contributed by atoms with Gasteiger partial charge in [-0.2, -0.15) is 4.31 Å². The summed E-state index contributed by atoms with van der Waals surface area (Å²) in [5, 5.41) is 1.50. The van der Waals surface area contributed by atoms with Gasteiger partial charge in [0.05, 0.1) is 17.8 Å². The van der Waals surface area contributed by atoms with Crippen molar-refractivity contribution in [3.63, 3.8) is 0 Å². The molecule has 1 aromatic carbocycles. The zero-order valence-electron chi connectivity index (χ0n) is 14.6. The van der Waals surface area contributed by atoms with Gasteiger partial charge in [-0.05, 0) is 36.4 Å². The Hall–Kier alpha value is -1.75. The van der Waals surface area contributed by atoms with Crippen LogP contribution in [0.15, 0.2) is 51.6 Å². The Morgan fingerprint density at radius 3 is 2.56 bits per heavy atom. The molecule has 146 valence electrons. The number of esters is 1. The molecule has 0 N–H and O–H groups in total. The Morgan fingerprint density at radius 1 is 1.19 bits per heavy atom. The van der Waals surface area contributed by atoms with Gasteiger partial charge in [-0.3, -0.25) is 0 Å². The third kappa shape index (κ3) is 3.93. The molecule has 0 unspecified atom stereocenters. The second kappa shape index (κ2) is 7.70. The summed E-state index contributed by atoms with van der Waals surface area (Å²) in [6, 6.07) is 8.65. The number of benzene rings is 1. The van der Waals surface area contributed by atoms with Gasteiger partial charge in [0, 0.05) is 12.6 Å². The highest BCUT2D eigenvalue weighted by Crippen LogP contribution is 2.32. The molecule has 1 aromatic heterocycles. The number of nitrogens with zero attached hydrogens (tertiary/aromatic N) is 1. The lowest BCUT2D eigenvalue weighted by atomic mass is 10.3. The minimum Gasteiger partial charge on any atom is -0.465 e. The van der Waals surface area contributed by atoms with Crippen molar-refractivity contribution in [2.24, 2.45) is 0 Å². The molecule has 0 aliphatic carbocycles. The van der Waals surface area contributed by atoms with Crippen molar-refractivity contribution in [2.75, 3.05) is 19.4 Å². The van der Waals surface area contributed by atoms with Crippen molar-refractivity contribution in [3.05, 3.63) is 46.7 Å². The summed E-state index contributed by atoms with van der Waals surface area (Å²) < 4.78 is 57.4. The van der Waals surface area contributed by atoms with Gasteiger partial charge >= 0.3 is 5.97 Å². The van der Waals surface area contributed by atoms with Crippen LogP contribution in [0.4, 0.5) is 0 Å². The molecule has 2 aromatic rings. The van der Waals surface area contributed by atoms with E-state index < -0.39 is 31.9 Å². The number of methoxy groups -OCH3 is 1. The maximum absolute atomic E-state index is 13.1. The van der Waals surface area contributed by atoms with E-state index in [1.165, 1.54) is 35.0 Å². The van der Waals surface area contributed by atoms with Crippen LogP contribution in [-0.2, 0) is 24.6 Å². The minimum atomic E-state index is -4.01. The highest BCUT2D eigenvalue weighted by atomic mass is 32.2. The lowest BCUT2D eigenvalue weighted by Crippen LogP contribution is -2.40. The second-order valence-electron chi connectivity index (χ2n) is 6.11. The number of sulfone groups is 1. The van der Waals surface area contributed by atoms with E-state index in [4.69, 9.17) is 0 Å². The molecule has 10 heteroatoms. The van der Waals surface area contributed by atoms with Crippen molar-refractivity contribution in [2.45, 2.75) is 28.7 Å². The maximum Gasteiger partial charge on any atom is 0.349 e. The second-order valence-corrected chi connectivity index (χ2v) is 10.9. The molecule has 0 saturated carbocycles. The van der Waals surface area contributed by atoms with E-state index in [-0.39, 0.29) is 27.0 Å². The summed E-state index contributed by atoms with van der Waals surface area (Å²) >= 11 is 0.981. The summed E-state index contributed by atoms with van der Waals surface area (Å²) in [7, 11) is -6.45. The normalized spacial score (nSPS) is 18.5. The third-order valence-corrected chi connectivity index (χ3v) is 9.26. The molecule has 3 rings (SSSR count). The molecule has 1 aliphatic heterocycles. The molecule has 7 nitrogen and oxygen atoms in total. The third-order valence-electron chi connectivity index (χ3n) is 4.42. The standard InChI is InChI=1S/C17H19NO6S3/c1-24-17(19)16-15(9-11-25-16)27(22,23)18-10-5-6-13(18)12-26(20,21)14-7-3-2-4-8-14/h2-4,7-9,11,13H,5-6,10,12H2,1H3/t13-/m0/s1. The first-order valence-corrected chi connectivity index (χ1v) is 12.2. The summed E-state index contributed by atoms with van der Waals surface area (Å²) in [5.41, 5.74) is 0. The van der Waals surface area contributed by atoms with Crippen molar-refractivity contribution in [1.29, 1.82) is 0 Å². The van der Waals surface area contributed by atoms with E-state index in [1.807, 2.05) is 0 Å². The average Bonchev–Trinajstić information content (AvgIpc) is 3.31. The Morgan fingerprint density at radius 2 is 1.89 bits per heavy atom. The lowest BCUT2D eigenvalue weighted by molar-refractivity contribution is 0.0602. The summed E-state index contributed by atoms with van der Waals surface area (Å²) in [5.74, 6) is -1.02. The van der Waals surface area contributed by atoms with E-state index in [0.29, 0.717) is 12.8 Å². The first-order chi connectivity index (χ1) is 12.8. The molecule has 0 spiro atoms. The van der Waals surface area contributed by atoms with E-state index in [9.17, 15) is 21.6 Å². The van der Waals surface area contributed by atoms with Crippen LogP contribution in [0.3, 0.4) is 0 Å². The molecule has 1 saturated heterocycles. The highest BCUT2D eigenvalue weighted by molar-refractivity contribution is 7.91. The predicted molar refractivity (Wildman–Crippen MR) is 101 cm³/mol. The number of carbonyl (C=O) groups excluding carboxylic acids is 1. The van der Waals surface area contributed by atoms with Crippen LogP contribution in [0.5, 0.6) is 0 Å². The summed E-state index contributed by atoms with van der Waals surface area (Å²) in [6.45, 7) is 0.216. The lowest BCUT2D eigenvalue weighted by Gasteiger charge is -2.24. The molecule has 1 fully saturated rings. The quantitative estimate of drug-likeness (QED) is 0.653. The number of hydrogen-bond donors (Lipinski definition) is 0. The average molecular weight is 430 g/mol. The summed E-state index contributed by atoms with van der Waals surface area (Å²) in [6.07, 6.45) is 1.01. The van der Waals surface area contributed by atoms with Gasteiger partial charge in [-0.25, -0.2) is 21.6 Å². The Labute approximate surface area is 162 Å². The van der Waals surface area contributed by atoms with Gasteiger partial charge in [0.1, 0.15) is 9.77 Å². The van der Waals surface area contributed by atoms with E-state index in [0.717, 1.165) is 11.3 Å². The molecule has 2 heterocycles. The number of hydrogen-bond acceptors (Lipinski definition) is 7. The van der Waals surface area contributed by atoms with Crippen LogP contribution in [0.1, 0.15) is 22.5 Å². The molecule has 27 heavy (non-hydrogen) atoms. The minimum absolute atomic E-state index is 0.00549. The fourth-order valence-electron chi connectivity index (χ4n) is 3.14. The van der Waals surface area contributed by atoms with Gasteiger partial charge in [0.2, 0.25) is 10.0 Å². The topological polar surface area (TPSA) is 97.8 Å². The molecule has 0 radical (unpaired) electrons. The highest BCUT2D eigenvalue weighted by Gasteiger charge is 2.40. The molecular formula is C17H19NO6S3. The van der Waals surface area contributed by atoms with Gasteiger partial charge in [0.25, 0.3) is 0 Å². The van der Waals surface area contributed by atoms with Crippen molar-refractivity contribution < 1.29 is 26.4 Å². The van der Waals surface area contributed by atoms with E-state index in [1.54, 1.807) is 18.2 Å². The van der Waals surface area contributed by atoms with Crippen LogP contribution < -0.4 is 0 Å². The van der Waals surface area contributed by atoms with E-state index >= 15 is 0 Å². The molecule has 1 atom stereocenters. The maximum atomic E-state index is 13.1. The van der Waals surface area contributed by atoms with Crippen LogP contribution in [0.25, 0.3) is 0 Å². The van der Waals surface area contributed by atoms with Gasteiger partial charge in [0.15, 0.2) is 9.84 Å². The van der Waals surface area contributed by atoms with E-state index in [2.05, 4.69) is 4.74 Å². The smallest absolute Gasteiger partial charge is 0.349 e. The number of thiophene rings is 1. The molecular weight excluding hydrogens is 410 g/mol. The van der Waals surface area contributed by atoms with Crippen molar-refractivity contribution in [1.82, 2.24) is 4.31 Å². The van der Waals surface area contributed by atoms with Gasteiger partial charge in [-0.15, -0.1) is 11.3 Å². The fraction of sp³-hybridized carbons (Fsp3) is 0.353. The first-order valence-electron chi connectivity index (χ1n) is 8.23.